The number of amides is 2. The van der Waals surface area contributed by atoms with Crippen molar-refractivity contribution in [1.82, 2.24) is 10.6 Å². The van der Waals surface area contributed by atoms with Crippen molar-refractivity contribution < 1.29 is 19.1 Å². The second-order valence-electron chi connectivity index (χ2n) is 5.66. The van der Waals surface area contributed by atoms with Gasteiger partial charge in [0.2, 0.25) is 11.8 Å². The predicted molar refractivity (Wildman–Crippen MR) is 92.8 cm³/mol. The van der Waals surface area contributed by atoms with Crippen LogP contribution in [0, 0.1) is 5.92 Å². The maximum absolute atomic E-state index is 12.6. The molecule has 1 aromatic rings. The third-order valence-electron chi connectivity index (χ3n) is 4.25. The van der Waals surface area contributed by atoms with E-state index in [9.17, 15) is 14.4 Å². The van der Waals surface area contributed by atoms with Crippen LogP contribution in [0.15, 0.2) is 11.4 Å². The molecule has 2 amide bonds. The molecule has 3 heterocycles. The predicted octanol–water partition coefficient (Wildman–Crippen LogP) is 0.787. The lowest BCUT2D eigenvalue weighted by atomic mass is 10.1. The molecule has 2 aliphatic rings. The van der Waals surface area contributed by atoms with Gasteiger partial charge in [-0.15, -0.1) is 23.7 Å². The molecule has 2 unspecified atom stereocenters. The number of methoxy groups -OCH3 is 1. The van der Waals surface area contributed by atoms with E-state index in [2.05, 4.69) is 10.6 Å². The third kappa shape index (κ3) is 3.55. The normalized spacial score (nSPS) is 23.0. The summed E-state index contributed by atoms with van der Waals surface area (Å²) in [7, 11) is 1.31. The Bertz CT molecular complexity index is 630. The number of hydrogen-bond acceptors (Lipinski definition) is 6. The topological polar surface area (TPSA) is 87.7 Å². The SMILES string of the molecule is COC(=O)c1ccsc1N1CCC(NC(=O)C2CCNC2)C1=O.Cl. The van der Waals surface area contributed by atoms with Crippen LogP contribution in [-0.2, 0) is 14.3 Å². The highest BCUT2D eigenvalue weighted by Gasteiger charge is 2.37. The highest BCUT2D eigenvalue weighted by Crippen LogP contribution is 2.31. The van der Waals surface area contributed by atoms with Gasteiger partial charge < -0.3 is 20.3 Å². The van der Waals surface area contributed by atoms with Gasteiger partial charge >= 0.3 is 5.97 Å². The van der Waals surface area contributed by atoms with Gasteiger partial charge in [-0.2, -0.15) is 0 Å². The monoisotopic (exact) mass is 373 g/mol. The minimum atomic E-state index is -0.518. The van der Waals surface area contributed by atoms with Gasteiger partial charge in [-0.25, -0.2) is 4.79 Å². The van der Waals surface area contributed by atoms with Crippen LogP contribution >= 0.6 is 23.7 Å². The van der Waals surface area contributed by atoms with Crippen LogP contribution in [0.3, 0.4) is 0 Å². The lowest BCUT2D eigenvalue weighted by molar-refractivity contribution is -0.128. The summed E-state index contributed by atoms with van der Waals surface area (Å²) in [6.07, 6.45) is 1.34. The van der Waals surface area contributed by atoms with Crippen molar-refractivity contribution in [2.24, 2.45) is 5.92 Å². The molecular formula is C15H20ClN3O4S. The molecule has 0 saturated carbocycles. The van der Waals surface area contributed by atoms with Crippen LogP contribution in [-0.4, -0.2) is 50.6 Å². The first-order valence-electron chi connectivity index (χ1n) is 7.60. The van der Waals surface area contributed by atoms with Gasteiger partial charge in [0.25, 0.3) is 0 Å². The maximum Gasteiger partial charge on any atom is 0.340 e. The van der Waals surface area contributed by atoms with E-state index in [1.165, 1.54) is 18.4 Å². The number of carbonyl (C=O) groups is 3. The van der Waals surface area contributed by atoms with Crippen molar-refractivity contribution in [3.8, 4) is 0 Å². The lowest BCUT2D eigenvalue weighted by Gasteiger charge is -2.18. The molecule has 7 nitrogen and oxygen atoms in total. The van der Waals surface area contributed by atoms with Crippen molar-refractivity contribution in [3.05, 3.63) is 17.0 Å². The number of esters is 1. The molecule has 0 aliphatic carbocycles. The van der Waals surface area contributed by atoms with Crippen LogP contribution in [0.4, 0.5) is 5.00 Å². The van der Waals surface area contributed by atoms with E-state index in [0.29, 0.717) is 30.1 Å². The largest absolute Gasteiger partial charge is 0.465 e. The minimum Gasteiger partial charge on any atom is -0.465 e. The Morgan fingerprint density at radius 3 is 2.88 bits per heavy atom. The number of halogens is 1. The molecule has 132 valence electrons. The zero-order valence-electron chi connectivity index (χ0n) is 13.2. The van der Waals surface area contributed by atoms with E-state index in [-0.39, 0.29) is 30.1 Å². The van der Waals surface area contributed by atoms with E-state index < -0.39 is 12.0 Å². The number of rotatable bonds is 4. The highest BCUT2D eigenvalue weighted by atomic mass is 35.5. The first-order valence-corrected chi connectivity index (χ1v) is 8.48. The highest BCUT2D eigenvalue weighted by molar-refractivity contribution is 7.14. The number of carbonyl (C=O) groups excluding carboxylic acids is 3. The number of anilines is 1. The fourth-order valence-corrected chi connectivity index (χ4v) is 3.88. The van der Waals surface area contributed by atoms with Crippen LogP contribution in [0.1, 0.15) is 23.2 Å². The van der Waals surface area contributed by atoms with E-state index in [4.69, 9.17) is 4.74 Å². The Morgan fingerprint density at radius 2 is 2.21 bits per heavy atom. The fourth-order valence-electron chi connectivity index (χ4n) is 2.96. The summed E-state index contributed by atoms with van der Waals surface area (Å²) < 4.78 is 4.74. The number of hydrogen-bond donors (Lipinski definition) is 2. The molecule has 0 bridgehead atoms. The Labute approximate surface area is 150 Å². The molecule has 2 N–H and O–H groups in total. The van der Waals surface area contributed by atoms with Gasteiger partial charge in [0.15, 0.2) is 0 Å². The number of nitrogens with zero attached hydrogens (tertiary/aromatic N) is 1. The molecule has 0 aromatic carbocycles. The zero-order valence-corrected chi connectivity index (χ0v) is 14.9. The summed E-state index contributed by atoms with van der Waals surface area (Å²) in [5.74, 6) is -0.769. The van der Waals surface area contributed by atoms with Crippen molar-refractivity contribution in [2.75, 3.05) is 31.6 Å². The van der Waals surface area contributed by atoms with E-state index in [1.54, 1.807) is 16.3 Å². The second-order valence-corrected chi connectivity index (χ2v) is 6.56. The maximum atomic E-state index is 12.6. The standard InChI is InChI=1S/C15H19N3O4S.ClH/c1-22-15(21)10-4-7-23-14(10)18-6-3-11(13(18)20)17-12(19)9-2-5-16-8-9;/h4,7,9,11,16H,2-3,5-6,8H2,1H3,(H,17,19);1H. The Morgan fingerprint density at radius 1 is 1.42 bits per heavy atom. The summed E-state index contributed by atoms with van der Waals surface area (Å²) in [4.78, 5) is 38.1. The lowest BCUT2D eigenvalue weighted by Crippen LogP contribution is -2.44. The molecule has 0 spiro atoms. The first-order chi connectivity index (χ1) is 11.1. The average Bonchev–Trinajstić information content (AvgIpc) is 3.27. The Hall–Kier alpha value is -1.64. The van der Waals surface area contributed by atoms with Crippen molar-refractivity contribution in [1.29, 1.82) is 0 Å². The number of ether oxygens (including phenoxy) is 1. The van der Waals surface area contributed by atoms with Crippen molar-refractivity contribution in [3.63, 3.8) is 0 Å². The molecule has 1 aromatic heterocycles. The average molecular weight is 374 g/mol. The van der Waals surface area contributed by atoms with Gasteiger partial charge in [0.05, 0.1) is 18.6 Å². The number of thiophene rings is 1. The molecular weight excluding hydrogens is 354 g/mol. The van der Waals surface area contributed by atoms with Crippen molar-refractivity contribution in [2.45, 2.75) is 18.9 Å². The molecule has 24 heavy (non-hydrogen) atoms. The van der Waals surface area contributed by atoms with Gasteiger partial charge in [-0.3, -0.25) is 9.59 Å². The third-order valence-corrected chi connectivity index (χ3v) is 5.18. The van der Waals surface area contributed by atoms with E-state index in [1.807, 2.05) is 0 Å². The van der Waals surface area contributed by atoms with Gasteiger partial charge in [-0.05, 0) is 30.8 Å². The molecule has 0 radical (unpaired) electrons. The molecule has 2 fully saturated rings. The van der Waals surface area contributed by atoms with Crippen LogP contribution in [0.5, 0.6) is 0 Å². The van der Waals surface area contributed by atoms with E-state index in [0.717, 1.165) is 13.0 Å². The van der Waals surface area contributed by atoms with Gasteiger partial charge in [0.1, 0.15) is 11.0 Å². The fraction of sp³-hybridized carbons (Fsp3) is 0.533. The second kappa shape index (κ2) is 7.96. The molecule has 9 heteroatoms. The summed E-state index contributed by atoms with van der Waals surface area (Å²) in [6, 6.07) is 1.13. The smallest absolute Gasteiger partial charge is 0.340 e. The van der Waals surface area contributed by atoms with Crippen LogP contribution in [0.2, 0.25) is 0 Å². The first kappa shape index (κ1) is 18.7. The number of nitrogens with one attached hydrogen (secondary N) is 2. The Balaban J connectivity index is 0.00000208. The molecule has 2 atom stereocenters. The summed E-state index contributed by atoms with van der Waals surface area (Å²) in [5, 5.41) is 8.32. The molecule has 3 rings (SSSR count). The molecule has 2 aliphatic heterocycles. The van der Waals surface area contributed by atoms with E-state index >= 15 is 0 Å². The summed E-state index contributed by atoms with van der Waals surface area (Å²) >= 11 is 1.32. The van der Waals surface area contributed by atoms with Crippen LogP contribution < -0.4 is 15.5 Å². The Kier molecular flexibility index (Phi) is 6.20. The van der Waals surface area contributed by atoms with Crippen LogP contribution in [0.25, 0.3) is 0 Å². The quantitative estimate of drug-likeness (QED) is 0.762. The van der Waals surface area contributed by atoms with Crippen molar-refractivity contribution >= 4 is 46.5 Å². The van der Waals surface area contributed by atoms with Gasteiger partial charge in [0, 0.05) is 13.1 Å². The minimum absolute atomic E-state index is 0. The summed E-state index contributed by atoms with van der Waals surface area (Å²) in [5.41, 5.74) is 0.387. The summed E-state index contributed by atoms with van der Waals surface area (Å²) in [6.45, 7) is 1.98. The molecule has 2 saturated heterocycles. The van der Waals surface area contributed by atoms with Gasteiger partial charge in [-0.1, -0.05) is 0 Å². The zero-order chi connectivity index (χ0) is 16.4.